The molecule has 1 nitrogen and oxygen atoms in total. The highest BCUT2D eigenvalue weighted by Crippen LogP contribution is 1.89. The lowest BCUT2D eigenvalue weighted by Gasteiger charge is -2.03. The van der Waals surface area contributed by atoms with Crippen LogP contribution in [0.2, 0.25) is 0 Å². The standard InChI is InChI=1S/C9H14OSi2/c1-8(7-10-11)12-9-5-3-2-4-6-9/h2-6H,1,7,12H2,11H3. The first-order chi connectivity index (χ1) is 5.83. The first-order valence-electron chi connectivity index (χ1n) is 4.02. The van der Waals surface area contributed by atoms with Gasteiger partial charge in [-0.15, -0.1) is 6.58 Å². The van der Waals surface area contributed by atoms with Crippen molar-refractivity contribution in [3.8, 4) is 0 Å². The van der Waals surface area contributed by atoms with Crippen LogP contribution in [0.5, 0.6) is 0 Å². The molecule has 12 heavy (non-hydrogen) atoms. The largest absolute Gasteiger partial charge is 0.424 e. The number of hydrogen-bond donors (Lipinski definition) is 0. The summed E-state index contributed by atoms with van der Waals surface area (Å²) in [7, 11) is 0.520. The highest BCUT2D eigenvalue weighted by Gasteiger charge is 1.95. The van der Waals surface area contributed by atoms with Crippen LogP contribution in [0.3, 0.4) is 0 Å². The van der Waals surface area contributed by atoms with Gasteiger partial charge in [-0.05, 0) is 0 Å². The van der Waals surface area contributed by atoms with Gasteiger partial charge in [0.1, 0.15) is 10.5 Å². The van der Waals surface area contributed by atoms with Crippen LogP contribution < -0.4 is 5.19 Å². The monoisotopic (exact) mass is 194 g/mol. The van der Waals surface area contributed by atoms with Gasteiger partial charge >= 0.3 is 0 Å². The molecule has 0 saturated carbocycles. The van der Waals surface area contributed by atoms with E-state index >= 15 is 0 Å². The van der Waals surface area contributed by atoms with Gasteiger partial charge in [0.05, 0.1) is 9.52 Å². The molecule has 0 aliphatic carbocycles. The lowest BCUT2D eigenvalue weighted by molar-refractivity contribution is 0.397. The van der Waals surface area contributed by atoms with Gasteiger partial charge in [-0.1, -0.05) is 40.7 Å². The van der Waals surface area contributed by atoms with E-state index in [4.69, 9.17) is 4.43 Å². The van der Waals surface area contributed by atoms with E-state index in [-0.39, 0.29) is 9.52 Å². The first-order valence-corrected chi connectivity index (χ1v) is 6.25. The van der Waals surface area contributed by atoms with E-state index in [1.807, 2.05) is 6.07 Å². The zero-order valence-electron chi connectivity index (χ0n) is 7.42. The Morgan fingerprint density at radius 1 is 1.42 bits per heavy atom. The molecular weight excluding hydrogens is 180 g/mol. The van der Waals surface area contributed by atoms with Crippen LogP contribution in [0.15, 0.2) is 42.1 Å². The average Bonchev–Trinajstić information content (AvgIpc) is 2.06. The van der Waals surface area contributed by atoms with E-state index < -0.39 is 0 Å². The molecule has 0 aliphatic heterocycles. The minimum atomic E-state index is -0.295. The quantitative estimate of drug-likeness (QED) is 0.576. The second-order valence-corrected chi connectivity index (χ2v) is 5.59. The molecule has 0 N–H and O–H groups in total. The summed E-state index contributed by atoms with van der Waals surface area (Å²) in [6.45, 7) is 4.77. The summed E-state index contributed by atoms with van der Waals surface area (Å²) in [5.74, 6) is 0. The van der Waals surface area contributed by atoms with Crippen molar-refractivity contribution in [1.29, 1.82) is 0 Å². The second kappa shape index (κ2) is 5.08. The molecule has 0 aliphatic rings. The molecule has 0 atom stereocenters. The van der Waals surface area contributed by atoms with Gasteiger partial charge < -0.3 is 4.43 Å². The van der Waals surface area contributed by atoms with E-state index in [1.54, 1.807) is 0 Å². The molecule has 0 saturated heterocycles. The van der Waals surface area contributed by atoms with Gasteiger partial charge in [0, 0.05) is 6.61 Å². The fraction of sp³-hybridized carbons (Fsp3) is 0.111. The summed E-state index contributed by atoms with van der Waals surface area (Å²) >= 11 is 0. The topological polar surface area (TPSA) is 9.23 Å². The van der Waals surface area contributed by atoms with E-state index in [1.165, 1.54) is 10.4 Å². The van der Waals surface area contributed by atoms with Crippen molar-refractivity contribution in [2.24, 2.45) is 0 Å². The van der Waals surface area contributed by atoms with E-state index in [0.29, 0.717) is 0 Å². The van der Waals surface area contributed by atoms with Crippen LogP contribution in [0.4, 0.5) is 0 Å². The van der Waals surface area contributed by atoms with Crippen molar-refractivity contribution in [1.82, 2.24) is 0 Å². The third-order valence-electron chi connectivity index (χ3n) is 1.65. The molecule has 0 fully saturated rings. The molecule has 0 unspecified atom stereocenters. The van der Waals surface area contributed by atoms with Gasteiger partial charge in [0.15, 0.2) is 0 Å². The molecule has 1 aromatic carbocycles. The fourth-order valence-electron chi connectivity index (χ4n) is 1.14. The summed E-state index contributed by atoms with van der Waals surface area (Å²) in [4.78, 5) is 0. The Balaban J connectivity index is 2.47. The molecule has 0 aromatic heterocycles. The molecular formula is C9H14OSi2. The Morgan fingerprint density at radius 3 is 2.67 bits per heavy atom. The highest BCUT2D eigenvalue weighted by atomic mass is 28.2. The lowest BCUT2D eigenvalue weighted by Crippen LogP contribution is -2.17. The Morgan fingerprint density at radius 2 is 2.08 bits per heavy atom. The van der Waals surface area contributed by atoms with E-state index in [2.05, 4.69) is 30.8 Å². The predicted molar refractivity (Wildman–Crippen MR) is 59.7 cm³/mol. The van der Waals surface area contributed by atoms with Gasteiger partial charge in [-0.25, -0.2) is 0 Å². The summed E-state index contributed by atoms with van der Waals surface area (Å²) in [5.41, 5.74) is 0. The molecule has 1 aromatic rings. The smallest absolute Gasteiger partial charge is 0.146 e. The number of rotatable bonds is 4. The van der Waals surface area contributed by atoms with Crippen LogP contribution in [0.25, 0.3) is 0 Å². The number of benzene rings is 1. The third kappa shape index (κ3) is 3.17. The molecule has 0 amide bonds. The van der Waals surface area contributed by atoms with Crippen molar-refractivity contribution in [2.45, 2.75) is 0 Å². The van der Waals surface area contributed by atoms with Gasteiger partial charge in [-0.3, -0.25) is 0 Å². The normalized spacial score (nSPS) is 11.0. The van der Waals surface area contributed by atoms with Crippen LogP contribution in [0.1, 0.15) is 0 Å². The maximum absolute atomic E-state index is 5.15. The Kier molecular flexibility index (Phi) is 4.00. The second-order valence-electron chi connectivity index (χ2n) is 2.85. The van der Waals surface area contributed by atoms with Crippen molar-refractivity contribution in [3.63, 3.8) is 0 Å². The molecule has 0 radical (unpaired) electrons. The van der Waals surface area contributed by atoms with Crippen molar-refractivity contribution in [2.75, 3.05) is 6.61 Å². The molecule has 0 heterocycles. The van der Waals surface area contributed by atoms with Crippen molar-refractivity contribution >= 4 is 25.2 Å². The Bertz CT molecular complexity index is 246. The van der Waals surface area contributed by atoms with Gasteiger partial charge in [0.25, 0.3) is 0 Å². The van der Waals surface area contributed by atoms with Gasteiger partial charge in [-0.2, -0.15) is 0 Å². The Hall–Kier alpha value is -0.646. The van der Waals surface area contributed by atoms with Crippen molar-refractivity contribution < 1.29 is 4.43 Å². The summed E-state index contributed by atoms with van der Waals surface area (Å²) in [6.07, 6.45) is 0. The Labute approximate surface area is 78.8 Å². The molecule has 0 bridgehead atoms. The van der Waals surface area contributed by atoms with Crippen molar-refractivity contribution in [3.05, 3.63) is 42.1 Å². The third-order valence-corrected chi connectivity index (χ3v) is 3.52. The lowest BCUT2D eigenvalue weighted by atomic mass is 10.4. The van der Waals surface area contributed by atoms with Gasteiger partial charge in [0.2, 0.25) is 0 Å². The van der Waals surface area contributed by atoms with Crippen LogP contribution in [0, 0.1) is 0 Å². The fourth-order valence-corrected chi connectivity index (χ4v) is 3.35. The SMILES string of the molecule is C=C(CO[SiH3])[SiH2]c1ccccc1. The summed E-state index contributed by atoms with van der Waals surface area (Å²) in [5, 5.41) is 2.73. The molecule has 3 heteroatoms. The van der Waals surface area contributed by atoms with Crippen LogP contribution in [-0.4, -0.2) is 26.6 Å². The van der Waals surface area contributed by atoms with Crippen LogP contribution >= 0.6 is 0 Å². The summed E-state index contributed by atoms with van der Waals surface area (Å²) in [6, 6.07) is 10.5. The first kappa shape index (κ1) is 9.44. The maximum Gasteiger partial charge on any atom is 0.146 e. The summed E-state index contributed by atoms with van der Waals surface area (Å²) < 4.78 is 5.15. The zero-order valence-corrected chi connectivity index (χ0v) is 10.8. The molecule has 0 spiro atoms. The number of hydrogen-bond acceptors (Lipinski definition) is 1. The van der Waals surface area contributed by atoms with E-state index in [9.17, 15) is 0 Å². The minimum absolute atomic E-state index is 0.295. The average molecular weight is 194 g/mol. The van der Waals surface area contributed by atoms with Crippen LogP contribution in [-0.2, 0) is 4.43 Å². The highest BCUT2D eigenvalue weighted by molar-refractivity contribution is 6.60. The molecule has 64 valence electrons. The minimum Gasteiger partial charge on any atom is -0.424 e. The molecule has 1 rings (SSSR count). The predicted octanol–water partition coefficient (Wildman–Crippen LogP) is -0.709. The maximum atomic E-state index is 5.15. The van der Waals surface area contributed by atoms with E-state index in [0.717, 1.165) is 17.1 Å². The zero-order chi connectivity index (χ0) is 8.81.